The zero-order valence-corrected chi connectivity index (χ0v) is 15.1. The van der Waals surface area contributed by atoms with Gasteiger partial charge in [-0.15, -0.1) is 11.3 Å². The van der Waals surface area contributed by atoms with Crippen molar-refractivity contribution >= 4 is 33.2 Å². The molecule has 1 aromatic carbocycles. The second-order valence-electron chi connectivity index (χ2n) is 5.90. The summed E-state index contributed by atoms with van der Waals surface area (Å²) in [6.07, 6.45) is 1.71. The van der Waals surface area contributed by atoms with Gasteiger partial charge in [0, 0.05) is 23.5 Å². The van der Waals surface area contributed by atoms with E-state index >= 15 is 0 Å². The van der Waals surface area contributed by atoms with Crippen LogP contribution >= 0.6 is 11.3 Å². The molecular weight excluding hydrogens is 360 g/mol. The standard InChI is InChI=1S/C20H16N4O2S/c25-19(26)8-10-22-18-12-15(17-11-13-5-1-2-7-16(13)27-17)23-20(24-18)14-6-3-4-9-21-14/h1-7,9,11-12H,8,10H2,(H,25,26)(H,22,23,24). The molecular formula is C20H16N4O2S. The van der Waals surface area contributed by atoms with Crippen molar-refractivity contribution in [1.82, 2.24) is 15.0 Å². The molecule has 0 atom stereocenters. The van der Waals surface area contributed by atoms with E-state index in [1.165, 1.54) is 4.70 Å². The third-order valence-electron chi connectivity index (χ3n) is 3.94. The van der Waals surface area contributed by atoms with Crippen LogP contribution in [-0.2, 0) is 4.79 Å². The molecule has 0 aliphatic carbocycles. The maximum absolute atomic E-state index is 10.8. The highest BCUT2D eigenvalue weighted by Gasteiger charge is 2.12. The maximum atomic E-state index is 10.8. The molecule has 4 rings (SSSR count). The van der Waals surface area contributed by atoms with Crippen LogP contribution in [-0.4, -0.2) is 32.6 Å². The Balaban J connectivity index is 1.76. The van der Waals surface area contributed by atoms with Gasteiger partial charge in [0.1, 0.15) is 11.5 Å². The molecule has 3 aromatic heterocycles. The molecule has 27 heavy (non-hydrogen) atoms. The first-order valence-electron chi connectivity index (χ1n) is 8.44. The summed E-state index contributed by atoms with van der Waals surface area (Å²) in [4.78, 5) is 25.3. The van der Waals surface area contributed by atoms with Gasteiger partial charge in [0.2, 0.25) is 0 Å². The Labute approximate surface area is 159 Å². The number of rotatable bonds is 6. The van der Waals surface area contributed by atoms with Crippen LogP contribution in [0.25, 0.3) is 32.2 Å². The second kappa shape index (κ2) is 7.51. The number of aromatic nitrogens is 3. The van der Waals surface area contributed by atoms with Crippen LogP contribution in [0.3, 0.4) is 0 Å². The quantitative estimate of drug-likeness (QED) is 0.521. The lowest BCUT2D eigenvalue weighted by Crippen LogP contribution is -2.09. The molecule has 0 aliphatic rings. The van der Waals surface area contributed by atoms with Crippen LogP contribution < -0.4 is 5.32 Å². The number of benzene rings is 1. The minimum atomic E-state index is -0.855. The average molecular weight is 376 g/mol. The fourth-order valence-electron chi connectivity index (χ4n) is 2.68. The van der Waals surface area contributed by atoms with E-state index in [-0.39, 0.29) is 6.42 Å². The van der Waals surface area contributed by atoms with Gasteiger partial charge in [-0.05, 0) is 29.7 Å². The molecule has 4 aromatic rings. The Morgan fingerprint density at radius 3 is 2.67 bits per heavy atom. The van der Waals surface area contributed by atoms with Crippen molar-refractivity contribution in [3.05, 3.63) is 60.8 Å². The van der Waals surface area contributed by atoms with Crippen molar-refractivity contribution in [3.8, 4) is 22.1 Å². The zero-order valence-electron chi connectivity index (χ0n) is 14.3. The monoisotopic (exact) mass is 376 g/mol. The van der Waals surface area contributed by atoms with Gasteiger partial charge >= 0.3 is 5.97 Å². The Morgan fingerprint density at radius 1 is 1.04 bits per heavy atom. The fraction of sp³-hybridized carbons (Fsp3) is 0.100. The summed E-state index contributed by atoms with van der Waals surface area (Å²) in [7, 11) is 0. The largest absolute Gasteiger partial charge is 0.481 e. The highest BCUT2D eigenvalue weighted by atomic mass is 32.1. The van der Waals surface area contributed by atoms with Crippen LogP contribution in [0.4, 0.5) is 5.82 Å². The number of nitrogens with zero attached hydrogens (tertiary/aromatic N) is 3. The Hall–Kier alpha value is -3.32. The number of carbonyl (C=O) groups is 1. The van der Waals surface area contributed by atoms with Gasteiger partial charge in [-0.3, -0.25) is 9.78 Å². The lowest BCUT2D eigenvalue weighted by molar-refractivity contribution is -0.136. The number of nitrogens with one attached hydrogen (secondary N) is 1. The van der Waals surface area contributed by atoms with E-state index in [0.717, 1.165) is 16.0 Å². The lowest BCUT2D eigenvalue weighted by atomic mass is 10.2. The van der Waals surface area contributed by atoms with Crippen LogP contribution in [0.5, 0.6) is 0 Å². The van der Waals surface area contributed by atoms with Crippen molar-refractivity contribution in [1.29, 1.82) is 0 Å². The number of thiophene rings is 1. The number of fused-ring (bicyclic) bond motifs is 1. The second-order valence-corrected chi connectivity index (χ2v) is 6.98. The number of anilines is 1. The molecule has 0 bridgehead atoms. The highest BCUT2D eigenvalue weighted by Crippen LogP contribution is 2.34. The number of carboxylic acids is 1. The molecule has 3 heterocycles. The van der Waals surface area contributed by atoms with Crippen LogP contribution in [0.2, 0.25) is 0 Å². The first kappa shape index (κ1) is 17.1. The lowest BCUT2D eigenvalue weighted by Gasteiger charge is -2.08. The summed E-state index contributed by atoms with van der Waals surface area (Å²) in [6.45, 7) is 0.292. The molecule has 2 N–H and O–H groups in total. The van der Waals surface area contributed by atoms with Crippen molar-refractivity contribution in [2.75, 3.05) is 11.9 Å². The molecule has 0 unspecified atom stereocenters. The first-order chi connectivity index (χ1) is 13.2. The van der Waals surface area contributed by atoms with Gasteiger partial charge in [0.25, 0.3) is 0 Å². The van der Waals surface area contributed by atoms with Crippen LogP contribution in [0.1, 0.15) is 6.42 Å². The first-order valence-corrected chi connectivity index (χ1v) is 9.26. The summed E-state index contributed by atoms with van der Waals surface area (Å²) >= 11 is 1.66. The summed E-state index contributed by atoms with van der Waals surface area (Å²) in [5, 5.41) is 13.1. The third-order valence-corrected chi connectivity index (χ3v) is 5.08. The summed E-state index contributed by atoms with van der Waals surface area (Å²) in [5.74, 6) is 0.231. The molecule has 0 saturated carbocycles. The predicted molar refractivity (Wildman–Crippen MR) is 107 cm³/mol. The SMILES string of the molecule is O=C(O)CCNc1cc(-c2cc3ccccc3s2)nc(-c2ccccn2)n1. The fourth-order valence-corrected chi connectivity index (χ4v) is 3.70. The van der Waals surface area contributed by atoms with Crippen LogP contribution in [0, 0.1) is 0 Å². The van der Waals surface area contributed by atoms with E-state index < -0.39 is 5.97 Å². The summed E-state index contributed by atoms with van der Waals surface area (Å²) in [6, 6.07) is 17.7. The maximum Gasteiger partial charge on any atom is 0.305 e. The van der Waals surface area contributed by atoms with Gasteiger partial charge in [0.15, 0.2) is 5.82 Å². The average Bonchev–Trinajstić information content (AvgIpc) is 3.12. The number of hydrogen-bond acceptors (Lipinski definition) is 6. The number of pyridine rings is 1. The van der Waals surface area contributed by atoms with E-state index in [9.17, 15) is 4.79 Å². The topological polar surface area (TPSA) is 88.0 Å². The Bertz CT molecular complexity index is 1060. The van der Waals surface area contributed by atoms with Crippen molar-refractivity contribution in [2.24, 2.45) is 0 Å². The Kier molecular flexibility index (Phi) is 4.76. The van der Waals surface area contributed by atoms with Gasteiger partial charge in [-0.2, -0.15) is 0 Å². The zero-order chi connectivity index (χ0) is 18.6. The molecule has 7 heteroatoms. The van der Waals surface area contributed by atoms with Gasteiger partial charge < -0.3 is 10.4 Å². The molecule has 0 radical (unpaired) electrons. The van der Waals surface area contributed by atoms with Crippen LogP contribution in [0.15, 0.2) is 60.8 Å². The molecule has 134 valence electrons. The normalized spacial score (nSPS) is 10.8. The molecule has 0 saturated heterocycles. The number of hydrogen-bond donors (Lipinski definition) is 2. The highest BCUT2D eigenvalue weighted by molar-refractivity contribution is 7.22. The molecule has 0 aliphatic heterocycles. The molecule has 0 amide bonds. The minimum Gasteiger partial charge on any atom is -0.481 e. The molecule has 0 fully saturated rings. The van der Waals surface area contributed by atoms with E-state index in [2.05, 4.69) is 33.5 Å². The van der Waals surface area contributed by atoms with Crippen molar-refractivity contribution in [3.63, 3.8) is 0 Å². The molecule has 6 nitrogen and oxygen atoms in total. The van der Waals surface area contributed by atoms with Gasteiger partial charge in [-0.1, -0.05) is 24.3 Å². The van der Waals surface area contributed by atoms with Crippen molar-refractivity contribution < 1.29 is 9.90 Å². The predicted octanol–water partition coefficient (Wildman–Crippen LogP) is 4.31. The summed E-state index contributed by atoms with van der Waals surface area (Å²) < 4.78 is 1.19. The third kappa shape index (κ3) is 3.93. The van der Waals surface area contributed by atoms with E-state index in [0.29, 0.717) is 23.9 Å². The van der Waals surface area contributed by atoms with Gasteiger partial charge in [-0.25, -0.2) is 9.97 Å². The van der Waals surface area contributed by atoms with E-state index in [1.54, 1.807) is 17.5 Å². The smallest absolute Gasteiger partial charge is 0.305 e. The van der Waals surface area contributed by atoms with E-state index in [4.69, 9.17) is 10.1 Å². The van der Waals surface area contributed by atoms with E-state index in [1.807, 2.05) is 36.4 Å². The number of aliphatic carboxylic acids is 1. The van der Waals surface area contributed by atoms with Crippen molar-refractivity contribution in [2.45, 2.75) is 6.42 Å². The number of carboxylic acid groups (broad SMARTS) is 1. The summed E-state index contributed by atoms with van der Waals surface area (Å²) in [5.41, 5.74) is 1.45. The minimum absolute atomic E-state index is 0.0150. The van der Waals surface area contributed by atoms with Gasteiger partial charge in [0.05, 0.1) is 17.0 Å². The molecule has 0 spiro atoms. The Morgan fingerprint density at radius 2 is 1.89 bits per heavy atom.